The summed E-state index contributed by atoms with van der Waals surface area (Å²) in [7, 11) is -1.63. The third-order valence-corrected chi connectivity index (χ3v) is 12.1. The van der Waals surface area contributed by atoms with Crippen LogP contribution in [0.2, 0.25) is 16.6 Å². The highest BCUT2D eigenvalue weighted by Crippen LogP contribution is 2.41. The van der Waals surface area contributed by atoms with Crippen LogP contribution in [0.15, 0.2) is 24.3 Å². The first-order valence-corrected chi connectivity index (χ1v) is 12.1. The van der Waals surface area contributed by atoms with Gasteiger partial charge in [-0.2, -0.15) is 0 Å². The Morgan fingerprint density at radius 1 is 1.04 bits per heavy atom. The molecule has 2 nitrogen and oxygen atoms in total. The molecule has 1 unspecified atom stereocenters. The minimum atomic E-state index is -1.63. The van der Waals surface area contributed by atoms with Crippen LogP contribution in [0.25, 0.3) is 0 Å². The summed E-state index contributed by atoms with van der Waals surface area (Å²) in [6.45, 7) is 18.1. The van der Waals surface area contributed by atoms with E-state index in [-0.39, 0.29) is 0 Å². The van der Waals surface area contributed by atoms with Gasteiger partial charge in [-0.15, -0.1) is 5.54 Å². The van der Waals surface area contributed by atoms with Crippen LogP contribution >= 0.6 is 0 Å². The molecule has 0 amide bonds. The molecule has 0 N–H and O–H groups in total. The third-order valence-electron chi connectivity index (χ3n) is 5.82. The molecule has 1 heterocycles. The number of nitrogens with zero attached hydrogens (tertiary/aromatic N) is 1. The number of rotatable bonds is 6. The molecule has 0 saturated carbocycles. The van der Waals surface area contributed by atoms with Gasteiger partial charge in [-0.05, 0) is 54.2 Å². The molecule has 1 aromatic rings. The second kappa shape index (κ2) is 8.32. The lowest BCUT2D eigenvalue weighted by Gasteiger charge is -2.41. The van der Waals surface area contributed by atoms with E-state index in [4.69, 9.17) is 4.74 Å². The van der Waals surface area contributed by atoms with E-state index in [1.165, 1.54) is 12.1 Å². The standard InChI is InChI=1S/C22H35NOSi/c1-8-24-22-11-9-20(10-12-22)23-15-13-21(23)14-16-25(17(2)3,18(4)5)19(6)7/h9-12,17-19,21H,8,13,15H2,1-7H3. The van der Waals surface area contributed by atoms with Crippen molar-refractivity contribution in [2.24, 2.45) is 0 Å². The van der Waals surface area contributed by atoms with Crippen LogP contribution in [0.1, 0.15) is 54.9 Å². The summed E-state index contributed by atoms with van der Waals surface area (Å²) < 4.78 is 5.55. The van der Waals surface area contributed by atoms with Crippen molar-refractivity contribution in [2.45, 2.75) is 77.6 Å². The summed E-state index contributed by atoms with van der Waals surface area (Å²) in [5.41, 5.74) is 7.23. The van der Waals surface area contributed by atoms with Crippen LogP contribution in [-0.4, -0.2) is 27.3 Å². The first-order valence-electron chi connectivity index (χ1n) is 9.85. The Labute approximate surface area is 156 Å². The Morgan fingerprint density at radius 2 is 1.60 bits per heavy atom. The van der Waals surface area contributed by atoms with Gasteiger partial charge in [0.2, 0.25) is 0 Å². The fourth-order valence-corrected chi connectivity index (χ4v) is 9.67. The lowest BCUT2D eigenvalue weighted by Crippen LogP contribution is -2.48. The summed E-state index contributed by atoms with van der Waals surface area (Å²) >= 11 is 0. The zero-order chi connectivity index (χ0) is 18.6. The molecule has 1 aliphatic heterocycles. The third kappa shape index (κ3) is 4.06. The second-order valence-corrected chi connectivity index (χ2v) is 13.7. The van der Waals surface area contributed by atoms with Crippen molar-refractivity contribution in [1.82, 2.24) is 0 Å². The molecule has 25 heavy (non-hydrogen) atoms. The van der Waals surface area contributed by atoms with Gasteiger partial charge >= 0.3 is 0 Å². The first kappa shape index (κ1) is 19.9. The van der Waals surface area contributed by atoms with Crippen molar-refractivity contribution in [1.29, 1.82) is 0 Å². The van der Waals surface area contributed by atoms with Crippen LogP contribution in [0.5, 0.6) is 5.75 Å². The molecule has 3 heteroatoms. The van der Waals surface area contributed by atoms with Crippen molar-refractivity contribution in [3.63, 3.8) is 0 Å². The average Bonchev–Trinajstić information content (AvgIpc) is 2.51. The van der Waals surface area contributed by atoms with Crippen LogP contribution in [0.3, 0.4) is 0 Å². The maximum absolute atomic E-state index is 5.55. The molecule has 1 aromatic carbocycles. The molecular formula is C22H35NOSi. The van der Waals surface area contributed by atoms with Gasteiger partial charge in [0.1, 0.15) is 13.8 Å². The van der Waals surface area contributed by atoms with E-state index in [1.54, 1.807) is 0 Å². The van der Waals surface area contributed by atoms with Gasteiger partial charge in [-0.25, -0.2) is 0 Å². The highest BCUT2D eigenvalue weighted by Gasteiger charge is 2.42. The Balaban J connectivity index is 2.19. The lowest BCUT2D eigenvalue weighted by molar-refractivity contribution is 0.340. The topological polar surface area (TPSA) is 12.5 Å². The van der Waals surface area contributed by atoms with Crippen LogP contribution in [0, 0.1) is 11.5 Å². The number of ether oxygens (including phenoxy) is 1. The molecule has 1 aliphatic rings. The van der Waals surface area contributed by atoms with Gasteiger partial charge < -0.3 is 9.64 Å². The molecule has 2 rings (SSSR count). The fourth-order valence-electron chi connectivity index (χ4n) is 4.39. The maximum Gasteiger partial charge on any atom is 0.146 e. The van der Waals surface area contributed by atoms with Gasteiger partial charge in [-0.1, -0.05) is 47.5 Å². The van der Waals surface area contributed by atoms with Crippen molar-refractivity contribution in [3.8, 4) is 17.2 Å². The van der Waals surface area contributed by atoms with Crippen molar-refractivity contribution in [2.75, 3.05) is 18.1 Å². The monoisotopic (exact) mass is 357 g/mol. The molecule has 1 fully saturated rings. The number of benzene rings is 1. The van der Waals surface area contributed by atoms with E-state index >= 15 is 0 Å². The summed E-state index contributed by atoms with van der Waals surface area (Å²) in [5, 5.41) is 0. The van der Waals surface area contributed by atoms with E-state index in [2.05, 4.69) is 82.2 Å². The highest BCUT2D eigenvalue weighted by atomic mass is 28.3. The average molecular weight is 358 g/mol. The summed E-state index contributed by atoms with van der Waals surface area (Å²) in [6, 6.07) is 8.84. The molecule has 0 bridgehead atoms. The largest absolute Gasteiger partial charge is 0.494 e. The molecule has 0 spiro atoms. The molecule has 0 aliphatic carbocycles. The smallest absolute Gasteiger partial charge is 0.146 e. The SMILES string of the molecule is CCOc1ccc(N2CCC2C#C[Si](C(C)C)(C(C)C)C(C)C)cc1. The Kier molecular flexibility index (Phi) is 6.63. The van der Waals surface area contributed by atoms with Crippen molar-refractivity contribution in [3.05, 3.63) is 24.3 Å². The van der Waals surface area contributed by atoms with Crippen molar-refractivity contribution < 1.29 is 4.74 Å². The van der Waals surface area contributed by atoms with Gasteiger partial charge in [0, 0.05) is 12.2 Å². The molecular weight excluding hydrogens is 322 g/mol. The predicted molar refractivity (Wildman–Crippen MR) is 112 cm³/mol. The van der Waals surface area contributed by atoms with Crippen LogP contribution in [0.4, 0.5) is 5.69 Å². The normalized spacial score (nSPS) is 17.5. The molecule has 0 radical (unpaired) electrons. The summed E-state index contributed by atoms with van der Waals surface area (Å²) in [4.78, 5) is 2.43. The summed E-state index contributed by atoms with van der Waals surface area (Å²) in [5.74, 6) is 4.64. The van der Waals surface area contributed by atoms with Gasteiger partial charge in [-0.3, -0.25) is 0 Å². The van der Waals surface area contributed by atoms with Crippen molar-refractivity contribution >= 4 is 13.8 Å². The highest BCUT2D eigenvalue weighted by molar-refractivity contribution is 6.90. The Bertz CT molecular complexity index is 587. The maximum atomic E-state index is 5.55. The molecule has 0 aromatic heterocycles. The summed E-state index contributed by atoms with van der Waals surface area (Å²) in [6.07, 6.45) is 1.18. The van der Waals surface area contributed by atoms with E-state index in [9.17, 15) is 0 Å². The number of hydrogen-bond donors (Lipinski definition) is 0. The van der Waals surface area contributed by atoms with Gasteiger partial charge in [0.05, 0.1) is 12.6 Å². The Morgan fingerprint density at radius 3 is 2.00 bits per heavy atom. The molecule has 1 atom stereocenters. The fraction of sp³-hybridized carbons (Fsp3) is 0.636. The Hall–Kier alpha value is -1.40. The van der Waals surface area contributed by atoms with Gasteiger partial charge in [0.25, 0.3) is 0 Å². The quantitative estimate of drug-likeness (QED) is 0.465. The lowest BCUT2D eigenvalue weighted by atomic mass is 10.0. The zero-order valence-electron chi connectivity index (χ0n) is 17.1. The zero-order valence-corrected chi connectivity index (χ0v) is 18.1. The van der Waals surface area contributed by atoms with Crippen LogP contribution in [-0.2, 0) is 0 Å². The van der Waals surface area contributed by atoms with E-state index < -0.39 is 8.07 Å². The molecule has 138 valence electrons. The van der Waals surface area contributed by atoms with E-state index in [1.807, 2.05) is 6.92 Å². The minimum absolute atomic E-state index is 0.376. The predicted octanol–water partition coefficient (Wildman–Crippen LogP) is 5.89. The number of hydrogen-bond acceptors (Lipinski definition) is 2. The van der Waals surface area contributed by atoms with E-state index in [0.717, 1.165) is 12.3 Å². The van der Waals surface area contributed by atoms with E-state index in [0.29, 0.717) is 29.3 Å². The van der Waals surface area contributed by atoms with Crippen LogP contribution < -0.4 is 9.64 Å². The minimum Gasteiger partial charge on any atom is -0.494 e. The van der Waals surface area contributed by atoms with Gasteiger partial charge in [0.15, 0.2) is 0 Å². The molecule has 1 saturated heterocycles. The number of anilines is 1. The first-order chi connectivity index (χ1) is 11.8. The second-order valence-electron chi connectivity index (χ2n) is 8.09.